The van der Waals surface area contributed by atoms with Crippen LogP contribution in [0.3, 0.4) is 0 Å². The van der Waals surface area contributed by atoms with E-state index >= 15 is 0 Å². The summed E-state index contributed by atoms with van der Waals surface area (Å²) in [5.41, 5.74) is 9.74. The van der Waals surface area contributed by atoms with Gasteiger partial charge in [-0.25, -0.2) is 0 Å². The van der Waals surface area contributed by atoms with Gasteiger partial charge in [-0.2, -0.15) is 5.10 Å². The van der Waals surface area contributed by atoms with Crippen LogP contribution < -0.4 is 5.73 Å². The molecule has 102 valence electrons. The van der Waals surface area contributed by atoms with Gasteiger partial charge in [-0.05, 0) is 39.0 Å². The predicted octanol–water partition coefficient (Wildman–Crippen LogP) is 2.34. The van der Waals surface area contributed by atoms with Crippen LogP contribution in [0.15, 0.2) is 0 Å². The van der Waals surface area contributed by atoms with E-state index in [1.165, 1.54) is 11.3 Å². The van der Waals surface area contributed by atoms with Gasteiger partial charge in [0.25, 0.3) is 0 Å². The molecule has 1 unspecified atom stereocenters. The number of nitrogens with two attached hydrogens (primary N) is 1. The van der Waals surface area contributed by atoms with Crippen LogP contribution >= 0.6 is 0 Å². The minimum absolute atomic E-state index is 0.119. The fourth-order valence-corrected chi connectivity index (χ4v) is 2.80. The minimum atomic E-state index is 0.119. The molecule has 0 spiro atoms. The van der Waals surface area contributed by atoms with Crippen molar-refractivity contribution < 1.29 is 4.74 Å². The van der Waals surface area contributed by atoms with Gasteiger partial charge in [0.05, 0.1) is 5.69 Å². The molecule has 0 aromatic carbocycles. The Balaban J connectivity index is 2.13. The molecule has 2 rings (SSSR count). The third kappa shape index (κ3) is 2.75. The van der Waals surface area contributed by atoms with Crippen LogP contribution in [0, 0.1) is 19.8 Å². The van der Waals surface area contributed by atoms with Crippen LogP contribution in [-0.4, -0.2) is 23.0 Å². The Hall–Kier alpha value is -0.870. The Labute approximate surface area is 110 Å². The van der Waals surface area contributed by atoms with E-state index in [-0.39, 0.29) is 6.04 Å². The highest BCUT2D eigenvalue weighted by Gasteiger charge is 2.20. The van der Waals surface area contributed by atoms with E-state index < -0.39 is 0 Å². The average molecular weight is 251 g/mol. The van der Waals surface area contributed by atoms with Crippen molar-refractivity contribution in [1.82, 2.24) is 9.78 Å². The van der Waals surface area contributed by atoms with Crippen molar-refractivity contribution in [3.63, 3.8) is 0 Å². The first kappa shape index (κ1) is 13.6. The number of aryl methyl sites for hydroxylation is 1. The maximum atomic E-state index is 6.17. The van der Waals surface area contributed by atoms with Crippen LogP contribution in [0.5, 0.6) is 0 Å². The Morgan fingerprint density at radius 3 is 2.67 bits per heavy atom. The van der Waals surface area contributed by atoms with Crippen molar-refractivity contribution in [3.8, 4) is 0 Å². The number of nitrogens with zero attached hydrogens (tertiary/aromatic N) is 2. The molecule has 1 aliphatic heterocycles. The Kier molecular flexibility index (Phi) is 4.40. The second-order valence-corrected chi connectivity index (χ2v) is 5.34. The second kappa shape index (κ2) is 5.85. The average Bonchev–Trinajstić information content (AvgIpc) is 2.65. The van der Waals surface area contributed by atoms with Gasteiger partial charge in [0, 0.05) is 37.1 Å². The SMILES string of the molecule is CCC(N)c1c(C)nn(CC2CCOCC2)c1C. The summed E-state index contributed by atoms with van der Waals surface area (Å²) in [6, 6.07) is 0.119. The molecule has 1 aliphatic rings. The topological polar surface area (TPSA) is 53.1 Å². The molecule has 4 nitrogen and oxygen atoms in total. The van der Waals surface area contributed by atoms with Gasteiger partial charge in [0.15, 0.2) is 0 Å². The summed E-state index contributed by atoms with van der Waals surface area (Å²) in [5.74, 6) is 0.697. The molecule has 2 heterocycles. The Morgan fingerprint density at radius 2 is 2.06 bits per heavy atom. The quantitative estimate of drug-likeness (QED) is 0.893. The highest BCUT2D eigenvalue weighted by Crippen LogP contribution is 2.24. The molecular formula is C14H25N3O. The van der Waals surface area contributed by atoms with Crippen LogP contribution in [0.25, 0.3) is 0 Å². The first-order chi connectivity index (χ1) is 8.63. The molecule has 1 saturated heterocycles. The molecule has 4 heteroatoms. The molecule has 0 aliphatic carbocycles. The molecule has 1 fully saturated rings. The number of ether oxygens (including phenoxy) is 1. The monoisotopic (exact) mass is 251 g/mol. The van der Waals surface area contributed by atoms with Crippen molar-refractivity contribution >= 4 is 0 Å². The summed E-state index contributed by atoms with van der Waals surface area (Å²) in [5, 5.41) is 4.67. The molecule has 0 saturated carbocycles. The minimum Gasteiger partial charge on any atom is -0.381 e. The summed E-state index contributed by atoms with van der Waals surface area (Å²) in [7, 11) is 0. The molecule has 0 amide bonds. The number of hydrogen-bond acceptors (Lipinski definition) is 3. The lowest BCUT2D eigenvalue weighted by Gasteiger charge is -2.22. The summed E-state index contributed by atoms with van der Waals surface area (Å²) < 4.78 is 7.55. The maximum absolute atomic E-state index is 6.17. The van der Waals surface area contributed by atoms with Crippen LogP contribution in [0.2, 0.25) is 0 Å². The van der Waals surface area contributed by atoms with E-state index in [9.17, 15) is 0 Å². The summed E-state index contributed by atoms with van der Waals surface area (Å²) in [6.07, 6.45) is 3.26. The summed E-state index contributed by atoms with van der Waals surface area (Å²) in [4.78, 5) is 0. The van der Waals surface area contributed by atoms with Gasteiger partial charge in [0.2, 0.25) is 0 Å². The third-order valence-electron chi connectivity index (χ3n) is 4.02. The zero-order valence-corrected chi connectivity index (χ0v) is 11.8. The predicted molar refractivity (Wildman–Crippen MR) is 72.5 cm³/mol. The van der Waals surface area contributed by atoms with Gasteiger partial charge in [0.1, 0.15) is 0 Å². The van der Waals surface area contributed by atoms with Crippen molar-refractivity contribution in [3.05, 3.63) is 17.0 Å². The van der Waals surface area contributed by atoms with Gasteiger partial charge < -0.3 is 10.5 Å². The van der Waals surface area contributed by atoms with Crippen molar-refractivity contribution in [2.75, 3.05) is 13.2 Å². The largest absolute Gasteiger partial charge is 0.381 e. The molecule has 0 bridgehead atoms. The fourth-order valence-electron chi connectivity index (χ4n) is 2.80. The molecule has 18 heavy (non-hydrogen) atoms. The van der Waals surface area contributed by atoms with E-state index in [4.69, 9.17) is 10.5 Å². The fraction of sp³-hybridized carbons (Fsp3) is 0.786. The van der Waals surface area contributed by atoms with Gasteiger partial charge in [-0.1, -0.05) is 6.92 Å². The lowest BCUT2D eigenvalue weighted by atomic mass is 10.00. The molecule has 1 aromatic rings. The Bertz CT molecular complexity index is 394. The molecule has 1 aromatic heterocycles. The van der Waals surface area contributed by atoms with E-state index in [0.29, 0.717) is 5.92 Å². The zero-order valence-electron chi connectivity index (χ0n) is 11.8. The standard InChI is InChI=1S/C14H25N3O/c1-4-13(15)14-10(2)16-17(11(14)3)9-12-5-7-18-8-6-12/h12-13H,4-9,15H2,1-3H3. The lowest BCUT2D eigenvalue weighted by Crippen LogP contribution is -2.21. The normalized spacial score (nSPS) is 19.1. The highest BCUT2D eigenvalue weighted by atomic mass is 16.5. The van der Waals surface area contributed by atoms with Crippen molar-refractivity contribution in [1.29, 1.82) is 0 Å². The van der Waals surface area contributed by atoms with Gasteiger partial charge in [-0.15, -0.1) is 0 Å². The molecular weight excluding hydrogens is 226 g/mol. The second-order valence-electron chi connectivity index (χ2n) is 5.34. The third-order valence-corrected chi connectivity index (χ3v) is 4.02. The molecule has 0 radical (unpaired) electrons. The number of hydrogen-bond donors (Lipinski definition) is 1. The van der Waals surface area contributed by atoms with Gasteiger partial charge in [-0.3, -0.25) is 4.68 Å². The number of aromatic nitrogens is 2. The van der Waals surface area contributed by atoms with E-state index in [2.05, 4.69) is 30.6 Å². The van der Waals surface area contributed by atoms with E-state index in [0.717, 1.165) is 44.7 Å². The van der Waals surface area contributed by atoms with Crippen LogP contribution in [0.4, 0.5) is 0 Å². The number of rotatable bonds is 4. The zero-order chi connectivity index (χ0) is 13.1. The molecule has 2 N–H and O–H groups in total. The van der Waals surface area contributed by atoms with E-state index in [1.54, 1.807) is 0 Å². The first-order valence-electron chi connectivity index (χ1n) is 7.00. The van der Waals surface area contributed by atoms with E-state index in [1.807, 2.05) is 0 Å². The van der Waals surface area contributed by atoms with Crippen molar-refractivity contribution in [2.24, 2.45) is 11.7 Å². The first-order valence-corrected chi connectivity index (χ1v) is 7.00. The van der Waals surface area contributed by atoms with Gasteiger partial charge >= 0.3 is 0 Å². The smallest absolute Gasteiger partial charge is 0.0644 e. The van der Waals surface area contributed by atoms with Crippen molar-refractivity contribution in [2.45, 2.75) is 52.6 Å². The maximum Gasteiger partial charge on any atom is 0.0644 e. The van der Waals surface area contributed by atoms with Crippen LogP contribution in [-0.2, 0) is 11.3 Å². The Morgan fingerprint density at radius 1 is 1.39 bits per heavy atom. The summed E-state index contributed by atoms with van der Waals surface area (Å²) >= 11 is 0. The lowest BCUT2D eigenvalue weighted by molar-refractivity contribution is 0.0599. The van der Waals surface area contributed by atoms with Crippen LogP contribution in [0.1, 0.15) is 49.2 Å². The molecule has 1 atom stereocenters. The highest BCUT2D eigenvalue weighted by molar-refractivity contribution is 5.27. The summed E-state index contributed by atoms with van der Waals surface area (Å²) in [6.45, 7) is 9.13.